The summed E-state index contributed by atoms with van der Waals surface area (Å²) in [5.74, 6) is -0.808. The van der Waals surface area contributed by atoms with Crippen molar-refractivity contribution in [3.8, 4) is 0 Å². The number of thioether (sulfide) groups is 1. The molecule has 0 heterocycles. The molecular formula is C13H15BrO5S. The first-order valence-corrected chi connectivity index (χ1v) is 7.63. The number of carbonyl (C=O) groups excluding carboxylic acids is 1. The monoisotopic (exact) mass is 362 g/mol. The Labute approximate surface area is 129 Å². The van der Waals surface area contributed by atoms with Crippen molar-refractivity contribution in [3.05, 3.63) is 33.8 Å². The number of aliphatic hydroxyl groups excluding tert-OH is 2. The molecule has 0 spiro atoms. The van der Waals surface area contributed by atoms with Crippen molar-refractivity contribution in [2.75, 3.05) is 5.75 Å². The van der Waals surface area contributed by atoms with E-state index in [4.69, 9.17) is 5.11 Å². The number of aromatic carboxylic acids is 1. The van der Waals surface area contributed by atoms with Crippen molar-refractivity contribution in [2.45, 2.75) is 25.6 Å². The van der Waals surface area contributed by atoms with Crippen molar-refractivity contribution in [1.82, 2.24) is 0 Å². The van der Waals surface area contributed by atoms with Crippen LogP contribution >= 0.6 is 27.7 Å². The molecule has 0 aliphatic rings. The van der Waals surface area contributed by atoms with Gasteiger partial charge in [0.15, 0.2) is 5.12 Å². The zero-order chi connectivity index (χ0) is 15.3. The van der Waals surface area contributed by atoms with Crippen molar-refractivity contribution in [1.29, 1.82) is 0 Å². The molecule has 0 aliphatic carbocycles. The largest absolute Gasteiger partial charge is 0.478 e. The van der Waals surface area contributed by atoms with Gasteiger partial charge in [0.05, 0.1) is 11.7 Å². The van der Waals surface area contributed by atoms with Crippen LogP contribution in [0.4, 0.5) is 0 Å². The average Bonchev–Trinajstić information content (AvgIpc) is 2.37. The number of hydrogen-bond donors (Lipinski definition) is 3. The van der Waals surface area contributed by atoms with Gasteiger partial charge in [-0.15, -0.1) is 0 Å². The topological polar surface area (TPSA) is 94.8 Å². The molecule has 110 valence electrons. The molecule has 0 saturated carbocycles. The van der Waals surface area contributed by atoms with E-state index in [1.807, 2.05) is 0 Å². The molecule has 2 unspecified atom stereocenters. The molecule has 5 nitrogen and oxygen atoms in total. The standard InChI is InChI=1S/C13H15BrO5S/c1-7(15)20-5-4-11(16)12(17)9-3-2-8(14)6-10(9)13(18)19/h2-3,6,11-12,16-17H,4-5H2,1H3,(H,18,19). The molecule has 1 rings (SSSR count). The fourth-order valence-electron chi connectivity index (χ4n) is 1.66. The van der Waals surface area contributed by atoms with E-state index < -0.39 is 18.2 Å². The third-order valence-electron chi connectivity index (χ3n) is 2.65. The second kappa shape index (κ2) is 7.78. The van der Waals surface area contributed by atoms with Gasteiger partial charge in [0, 0.05) is 17.1 Å². The minimum Gasteiger partial charge on any atom is -0.478 e. The van der Waals surface area contributed by atoms with Gasteiger partial charge < -0.3 is 15.3 Å². The van der Waals surface area contributed by atoms with Gasteiger partial charge in [-0.25, -0.2) is 4.79 Å². The number of carboxylic acids is 1. The summed E-state index contributed by atoms with van der Waals surface area (Å²) in [5.41, 5.74) is 0.0890. The van der Waals surface area contributed by atoms with Crippen molar-refractivity contribution >= 4 is 38.8 Å². The van der Waals surface area contributed by atoms with Crippen LogP contribution in [0.15, 0.2) is 22.7 Å². The zero-order valence-electron chi connectivity index (χ0n) is 10.7. The molecule has 1 aromatic carbocycles. The molecule has 0 aromatic heterocycles. The van der Waals surface area contributed by atoms with Gasteiger partial charge in [0.25, 0.3) is 0 Å². The maximum Gasteiger partial charge on any atom is 0.336 e. The second-order valence-corrected chi connectivity index (χ2v) is 6.37. The summed E-state index contributed by atoms with van der Waals surface area (Å²) in [5, 5.41) is 29.0. The predicted octanol–water partition coefficient (Wildman–Crippen LogP) is 2.21. The van der Waals surface area contributed by atoms with Crippen LogP contribution < -0.4 is 0 Å². The fourth-order valence-corrected chi connectivity index (χ4v) is 2.67. The van der Waals surface area contributed by atoms with Crippen LogP contribution in [0.1, 0.15) is 35.4 Å². The SMILES string of the molecule is CC(=O)SCCC(O)C(O)c1ccc(Br)cc1C(=O)O. The minimum atomic E-state index is -1.30. The molecule has 0 radical (unpaired) electrons. The Morgan fingerprint density at radius 3 is 2.55 bits per heavy atom. The smallest absolute Gasteiger partial charge is 0.336 e. The minimum absolute atomic E-state index is 0.0647. The number of halogens is 1. The van der Waals surface area contributed by atoms with Crippen LogP contribution in [0, 0.1) is 0 Å². The van der Waals surface area contributed by atoms with Crippen LogP contribution in [0.5, 0.6) is 0 Å². The Kier molecular flexibility index (Phi) is 6.67. The number of carboxylic acid groups (broad SMARTS) is 1. The lowest BCUT2D eigenvalue weighted by molar-refractivity contribution is -0.109. The molecule has 2 atom stereocenters. The predicted molar refractivity (Wildman–Crippen MR) is 79.8 cm³/mol. The van der Waals surface area contributed by atoms with Crippen LogP contribution in [0.3, 0.4) is 0 Å². The van der Waals surface area contributed by atoms with E-state index in [1.54, 1.807) is 6.07 Å². The van der Waals surface area contributed by atoms with E-state index in [0.29, 0.717) is 10.2 Å². The van der Waals surface area contributed by atoms with Crippen molar-refractivity contribution in [2.24, 2.45) is 0 Å². The fraction of sp³-hybridized carbons (Fsp3) is 0.385. The molecule has 7 heteroatoms. The van der Waals surface area contributed by atoms with E-state index >= 15 is 0 Å². The molecule has 0 amide bonds. The van der Waals surface area contributed by atoms with Gasteiger partial charge >= 0.3 is 5.97 Å². The number of rotatable bonds is 6. The zero-order valence-corrected chi connectivity index (χ0v) is 13.1. The maximum atomic E-state index is 11.1. The summed E-state index contributed by atoms with van der Waals surface area (Å²) >= 11 is 4.21. The number of aliphatic hydroxyl groups is 2. The highest BCUT2D eigenvalue weighted by molar-refractivity contribution is 9.10. The third-order valence-corrected chi connectivity index (χ3v) is 3.99. The Hall–Kier alpha value is -0.890. The maximum absolute atomic E-state index is 11.1. The summed E-state index contributed by atoms with van der Waals surface area (Å²) in [6, 6.07) is 4.43. The summed E-state index contributed by atoms with van der Waals surface area (Å²) in [6.07, 6.45) is -2.23. The summed E-state index contributed by atoms with van der Waals surface area (Å²) < 4.78 is 0.576. The highest BCUT2D eigenvalue weighted by Crippen LogP contribution is 2.26. The summed E-state index contributed by atoms with van der Waals surface area (Å²) in [4.78, 5) is 21.9. The molecular weight excluding hydrogens is 348 g/mol. The Morgan fingerprint density at radius 1 is 1.35 bits per heavy atom. The van der Waals surface area contributed by atoms with Gasteiger partial charge in [0.2, 0.25) is 0 Å². The lowest BCUT2D eigenvalue weighted by Crippen LogP contribution is -2.21. The summed E-state index contributed by atoms with van der Waals surface area (Å²) in [7, 11) is 0. The van der Waals surface area contributed by atoms with Gasteiger partial charge in [-0.3, -0.25) is 4.79 Å². The van der Waals surface area contributed by atoms with Gasteiger partial charge in [-0.05, 0) is 24.1 Å². The van der Waals surface area contributed by atoms with E-state index in [-0.39, 0.29) is 22.7 Å². The average molecular weight is 363 g/mol. The lowest BCUT2D eigenvalue weighted by Gasteiger charge is -2.19. The first-order valence-electron chi connectivity index (χ1n) is 5.85. The van der Waals surface area contributed by atoms with E-state index in [2.05, 4.69) is 15.9 Å². The van der Waals surface area contributed by atoms with Crippen molar-refractivity contribution in [3.63, 3.8) is 0 Å². The second-order valence-electron chi connectivity index (χ2n) is 4.18. The highest BCUT2D eigenvalue weighted by atomic mass is 79.9. The van der Waals surface area contributed by atoms with Gasteiger partial charge in [-0.1, -0.05) is 33.8 Å². The molecule has 3 N–H and O–H groups in total. The Morgan fingerprint density at radius 2 is 2.00 bits per heavy atom. The lowest BCUT2D eigenvalue weighted by atomic mass is 9.97. The number of carbonyl (C=O) groups is 2. The molecule has 20 heavy (non-hydrogen) atoms. The molecule has 0 fully saturated rings. The van der Waals surface area contributed by atoms with E-state index in [0.717, 1.165) is 11.8 Å². The van der Waals surface area contributed by atoms with Gasteiger partial charge in [-0.2, -0.15) is 0 Å². The molecule has 0 saturated heterocycles. The normalized spacial score (nSPS) is 13.8. The Balaban J connectivity index is 2.83. The van der Waals surface area contributed by atoms with Crippen LogP contribution in [-0.4, -0.2) is 38.3 Å². The van der Waals surface area contributed by atoms with E-state index in [1.165, 1.54) is 19.1 Å². The molecule has 0 aliphatic heterocycles. The number of benzene rings is 1. The molecule has 0 bridgehead atoms. The highest BCUT2D eigenvalue weighted by Gasteiger charge is 2.23. The number of hydrogen-bond acceptors (Lipinski definition) is 5. The van der Waals surface area contributed by atoms with Crippen LogP contribution in [0.2, 0.25) is 0 Å². The van der Waals surface area contributed by atoms with Gasteiger partial charge in [0.1, 0.15) is 6.10 Å². The third kappa shape index (κ3) is 4.90. The van der Waals surface area contributed by atoms with Crippen LogP contribution in [-0.2, 0) is 4.79 Å². The Bertz CT molecular complexity index is 506. The van der Waals surface area contributed by atoms with Crippen LogP contribution in [0.25, 0.3) is 0 Å². The first-order chi connectivity index (χ1) is 9.32. The van der Waals surface area contributed by atoms with E-state index in [9.17, 15) is 19.8 Å². The molecule has 1 aromatic rings. The summed E-state index contributed by atoms with van der Waals surface area (Å²) in [6.45, 7) is 1.42. The first kappa shape index (κ1) is 17.2. The quantitative estimate of drug-likeness (QED) is 0.717. The van der Waals surface area contributed by atoms with Crippen molar-refractivity contribution < 1.29 is 24.9 Å².